The van der Waals surface area contributed by atoms with Crippen molar-refractivity contribution in [1.82, 2.24) is 19.9 Å². The molecule has 0 aromatic carbocycles. The number of nitrogens with one attached hydrogen (secondary N) is 1. The molecular formula is C17H22N8O. The highest BCUT2D eigenvalue weighted by atomic mass is 16.5. The Hall–Kier alpha value is -2.81. The molecule has 2 aliphatic heterocycles. The summed E-state index contributed by atoms with van der Waals surface area (Å²) in [5.41, 5.74) is 3.84. The monoisotopic (exact) mass is 354 g/mol. The van der Waals surface area contributed by atoms with Crippen molar-refractivity contribution in [3.8, 4) is 0 Å². The first-order valence-electron chi connectivity index (χ1n) is 8.91. The number of ether oxygens (including phenoxy) is 1. The Morgan fingerprint density at radius 1 is 1.00 bits per heavy atom. The Morgan fingerprint density at radius 3 is 2.42 bits per heavy atom. The maximum absolute atomic E-state index is 5.43. The van der Waals surface area contributed by atoms with E-state index in [2.05, 4.69) is 40.3 Å². The van der Waals surface area contributed by atoms with Gasteiger partial charge in [-0.2, -0.15) is 20.1 Å². The van der Waals surface area contributed by atoms with E-state index in [0.717, 1.165) is 31.7 Å². The van der Waals surface area contributed by atoms with Crippen molar-refractivity contribution in [2.75, 3.05) is 54.6 Å². The molecule has 2 fully saturated rings. The van der Waals surface area contributed by atoms with Crippen LogP contribution in [0.2, 0.25) is 0 Å². The molecule has 0 radical (unpaired) electrons. The second-order valence-corrected chi connectivity index (χ2v) is 6.21. The van der Waals surface area contributed by atoms with Crippen LogP contribution >= 0.6 is 0 Å². The molecule has 2 saturated heterocycles. The fraction of sp³-hybridized carbons (Fsp3) is 0.471. The van der Waals surface area contributed by atoms with Crippen molar-refractivity contribution in [3.05, 3.63) is 30.1 Å². The predicted molar refractivity (Wildman–Crippen MR) is 99.8 cm³/mol. The lowest BCUT2D eigenvalue weighted by molar-refractivity contribution is 0.122. The average Bonchev–Trinajstić information content (AvgIpc) is 3.24. The Kier molecular flexibility index (Phi) is 5.15. The molecule has 0 saturated carbocycles. The Morgan fingerprint density at radius 2 is 1.73 bits per heavy atom. The molecule has 0 aliphatic carbocycles. The van der Waals surface area contributed by atoms with E-state index in [-0.39, 0.29) is 0 Å². The lowest BCUT2D eigenvalue weighted by atomic mass is 10.3. The van der Waals surface area contributed by atoms with Gasteiger partial charge in [-0.05, 0) is 18.9 Å². The van der Waals surface area contributed by atoms with E-state index in [9.17, 15) is 0 Å². The highest BCUT2D eigenvalue weighted by Crippen LogP contribution is 2.21. The fourth-order valence-electron chi connectivity index (χ4n) is 2.98. The van der Waals surface area contributed by atoms with Gasteiger partial charge in [-0.3, -0.25) is 4.98 Å². The van der Waals surface area contributed by atoms with Gasteiger partial charge < -0.3 is 14.5 Å². The summed E-state index contributed by atoms with van der Waals surface area (Å²) in [6.45, 7) is 4.89. The number of morpholine rings is 1. The Bertz CT molecular complexity index is 742. The van der Waals surface area contributed by atoms with Gasteiger partial charge in [0.25, 0.3) is 0 Å². The zero-order chi connectivity index (χ0) is 17.6. The molecule has 136 valence electrons. The molecule has 0 atom stereocenters. The normalized spacial score (nSPS) is 17.8. The van der Waals surface area contributed by atoms with Gasteiger partial charge in [0.15, 0.2) is 0 Å². The van der Waals surface area contributed by atoms with E-state index in [1.807, 2.05) is 12.1 Å². The van der Waals surface area contributed by atoms with Crippen molar-refractivity contribution in [3.63, 3.8) is 0 Å². The number of hydrogen-bond acceptors (Lipinski definition) is 9. The van der Waals surface area contributed by atoms with Gasteiger partial charge in [0.05, 0.1) is 19.4 Å². The van der Waals surface area contributed by atoms with Crippen molar-refractivity contribution >= 4 is 24.1 Å². The third kappa shape index (κ3) is 4.05. The number of hydrogen-bond donors (Lipinski definition) is 1. The summed E-state index contributed by atoms with van der Waals surface area (Å²) in [5, 5.41) is 4.24. The van der Waals surface area contributed by atoms with Crippen LogP contribution in [0.3, 0.4) is 0 Å². The van der Waals surface area contributed by atoms with E-state index in [1.54, 1.807) is 18.6 Å². The number of nitrogens with zero attached hydrogens (tertiary/aromatic N) is 7. The van der Waals surface area contributed by atoms with Crippen LogP contribution < -0.4 is 15.2 Å². The zero-order valence-corrected chi connectivity index (χ0v) is 14.6. The molecule has 4 heterocycles. The number of hydrazone groups is 1. The highest BCUT2D eigenvalue weighted by molar-refractivity contribution is 5.79. The van der Waals surface area contributed by atoms with E-state index >= 15 is 0 Å². The molecule has 4 rings (SSSR count). The maximum atomic E-state index is 5.43. The van der Waals surface area contributed by atoms with Crippen LogP contribution in [0.5, 0.6) is 0 Å². The second-order valence-electron chi connectivity index (χ2n) is 6.21. The van der Waals surface area contributed by atoms with E-state index in [1.165, 1.54) is 12.8 Å². The molecule has 0 spiro atoms. The van der Waals surface area contributed by atoms with Crippen molar-refractivity contribution < 1.29 is 4.74 Å². The molecule has 9 heteroatoms. The van der Waals surface area contributed by atoms with Crippen LogP contribution in [0.15, 0.2) is 29.6 Å². The topological polar surface area (TPSA) is 91.7 Å². The first-order valence-corrected chi connectivity index (χ1v) is 8.91. The quantitative estimate of drug-likeness (QED) is 0.631. The number of aromatic nitrogens is 4. The largest absolute Gasteiger partial charge is 0.378 e. The van der Waals surface area contributed by atoms with Gasteiger partial charge in [0, 0.05) is 44.1 Å². The predicted octanol–water partition coefficient (Wildman–Crippen LogP) is 1.15. The second kappa shape index (κ2) is 8.05. The summed E-state index contributed by atoms with van der Waals surface area (Å²) in [7, 11) is 0. The summed E-state index contributed by atoms with van der Waals surface area (Å²) in [5.74, 6) is 1.82. The minimum Gasteiger partial charge on any atom is -0.378 e. The standard InChI is InChI=1S/C17H22N8O/c1-2-7-24(6-1)16-20-15(23-19-13-14-4-3-5-18-12-14)21-17(22-16)25-8-10-26-11-9-25/h3-5,12-13H,1-2,6-11H2,(H,20,21,22,23)/b19-13+. The summed E-state index contributed by atoms with van der Waals surface area (Å²) in [6.07, 6.45) is 7.50. The molecule has 0 unspecified atom stereocenters. The van der Waals surface area contributed by atoms with Gasteiger partial charge in [-0.15, -0.1) is 0 Å². The van der Waals surface area contributed by atoms with Crippen LogP contribution in [-0.2, 0) is 4.74 Å². The Labute approximate surface area is 152 Å². The molecule has 26 heavy (non-hydrogen) atoms. The molecule has 9 nitrogen and oxygen atoms in total. The third-order valence-corrected chi connectivity index (χ3v) is 4.36. The Balaban J connectivity index is 1.55. The van der Waals surface area contributed by atoms with Crippen LogP contribution in [0.1, 0.15) is 18.4 Å². The fourth-order valence-corrected chi connectivity index (χ4v) is 2.98. The molecular weight excluding hydrogens is 332 g/mol. The molecule has 0 amide bonds. The van der Waals surface area contributed by atoms with Crippen LogP contribution in [0.25, 0.3) is 0 Å². The van der Waals surface area contributed by atoms with E-state index in [0.29, 0.717) is 31.1 Å². The lowest BCUT2D eigenvalue weighted by Crippen LogP contribution is -2.38. The summed E-state index contributed by atoms with van der Waals surface area (Å²) < 4.78 is 5.43. The smallest absolute Gasteiger partial charge is 0.250 e. The van der Waals surface area contributed by atoms with E-state index < -0.39 is 0 Å². The SMILES string of the molecule is C(=N\Nc1nc(N2CCCC2)nc(N2CCOCC2)n1)/c1cccnc1. The molecule has 1 N–H and O–H groups in total. The molecule has 2 aromatic heterocycles. The average molecular weight is 354 g/mol. The van der Waals surface area contributed by atoms with Crippen molar-refractivity contribution in [2.24, 2.45) is 5.10 Å². The van der Waals surface area contributed by atoms with Gasteiger partial charge in [-0.1, -0.05) is 6.07 Å². The van der Waals surface area contributed by atoms with Crippen LogP contribution in [0.4, 0.5) is 17.8 Å². The number of pyridine rings is 1. The van der Waals surface area contributed by atoms with E-state index in [4.69, 9.17) is 4.74 Å². The summed E-state index contributed by atoms with van der Waals surface area (Å²) in [4.78, 5) is 22.2. The zero-order valence-electron chi connectivity index (χ0n) is 14.6. The van der Waals surface area contributed by atoms with Gasteiger partial charge in [-0.25, -0.2) is 5.43 Å². The van der Waals surface area contributed by atoms with Gasteiger partial charge in [0.1, 0.15) is 0 Å². The van der Waals surface area contributed by atoms with Gasteiger partial charge >= 0.3 is 0 Å². The number of anilines is 3. The summed E-state index contributed by atoms with van der Waals surface area (Å²) >= 11 is 0. The van der Waals surface area contributed by atoms with Crippen LogP contribution in [0, 0.1) is 0 Å². The van der Waals surface area contributed by atoms with Gasteiger partial charge in [0.2, 0.25) is 17.8 Å². The molecule has 0 bridgehead atoms. The highest BCUT2D eigenvalue weighted by Gasteiger charge is 2.20. The third-order valence-electron chi connectivity index (χ3n) is 4.36. The first-order chi connectivity index (χ1) is 12.9. The van der Waals surface area contributed by atoms with Crippen molar-refractivity contribution in [1.29, 1.82) is 0 Å². The molecule has 2 aliphatic rings. The first kappa shape index (κ1) is 16.6. The maximum Gasteiger partial charge on any atom is 0.250 e. The lowest BCUT2D eigenvalue weighted by Gasteiger charge is -2.27. The minimum absolute atomic E-state index is 0.448. The molecule has 2 aromatic rings. The minimum atomic E-state index is 0.448. The number of rotatable bonds is 5. The summed E-state index contributed by atoms with van der Waals surface area (Å²) in [6, 6.07) is 3.80. The van der Waals surface area contributed by atoms with Crippen molar-refractivity contribution in [2.45, 2.75) is 12.8 Å². The van der Waals surface area contributed by atoms with Crippen LogP contribution in [-0.4, -0.2) is 65.5 Å².